The molecule has 2 aliphatic rings. The molecule has 2 heterocycles. The number of hydrogen-bond acceptors (Lipinski definition) is 4. The number of carbonyl (C=O) groups excluding carboxylic acids is 1. The molecule has 5 rings (SSSR count). The number of ether oxygens (including phenoxy) is 1. The minimum atomic E-state index is -0.0333. The van der Waals surface area contributed by atoms with E-state index in [0.29, 0.717) is 18.0 Å². The summed E-state index contributed by atoms with van der Waals surface area (Å²) in [6.45, 7) is 3.64. The SMILES string of the molecule is COc1ccc(NC(=O)N2CCCCN3[C@H](CCN(C)C)[C@H](c4ccc(C#Cc5ccccc5)cc4)[C@@H]3C2)cc1. The molecule has 2 amide bonds. The van der Waals surface area contributed by atoms with Crippen molar-refractivity contribution in [1.82, 2.24) is 14.7 Å². The van der Waals surface area contributed by atoms with Crippen LogP contribution in [0.4, 0.5) is 10.5 Å². The normalized spacial score (nSPS) is 20.8. The molecular weight excluding hydrogens is 496 g/mol. The number of amides is 2. The summed E-state index contributed by atoms with van der Waals surface area (Å²) >= 11 is 0. The van der Waals surface area contributed by atoms with Crippen LogP contribution < -0.4 is 10.1 Å². The van der Waals surface area contributed by atoms with Crippen molar-refractivity contribution in [3.05, 3.63) is 95.6 Å². The van der Waals surface area contributed by atoms with Crippen LogP contribution in [0.1, 0.15) is 41.9 Å². The predicted molar refractivity (Wildman–Crippen MR) is 162 cm³/mol. The fourth-order valence-corrected chi connectivity index (χ4v) is 5.97. The van der Waals surface area contributed by atoms with E-state index in [2.05, 4.69) is 65.3 Å². The first-order chi connectivity index (χ1) is 19.5. The van der Waals surface area contributed by atoms with E-state index in [-0.39, 0.29) is 6.03 Å². The van der Waals surface area contributed by atoms with Gasteiger partial charge >= 0.3 is 6.03 Å². The quantitative estimate of drug-likeness (QED) is 0.422. The van der Waals surface area contributed by atoms with Gasteiger partial charge in [0.15, 0.2) is 0 Å². The van der Waals surface area contributed by atoms with Crippen molar-refractivity contribution in [3.63, 3.8) is 0 Å². The fourth-order valence-electron chi connectivity index (χ4n) is 5.97. The second-order valence-electron chi connectivity index (χ2n) is 11.0. The second kappa shape index (κ2) is 13.0. The summed E-state index contributed by atoms with van der Waals surface area (Å²) in [5.74, 6) is 7.72. The molecular formula is C34H40N4O2. The van der Waals surface area contributed by atoms with E-state index in [1.807, 2.05) is 59.5 Å². The van der Waals surface area contributed by atoms with Crippen LogP contribution in [0.5, 0.6) is 5.75 Å². The van der Waals surface area contributed by atoms with Gasteiger partial charge in [-0.1, -0.05) is 42.2 Å². The molecule has 0 bridgehead atoms. The highest BCUT2D eigenvalue weighted by Crippen LogP contribution is 2.43. The molecule has 3 aromatic carbocycles. The number of benzene rings is 3. The Labute approximate surface area is 238 Å². The van der Waals surface area contributed by atoms with Crippen molar-refractivity contribution < 1.29 is 9.53 Å². The molecule has 1 N–H and O–H groups in total. The van der Waals surface area contributed by atoms with Crippen molar-refractivity contribution in [2.24, 2.45) is 0 Å². The Bertz CT molecular complexity index is 1310. The van der Waals surface area contributed by atoms with Crippen LogP contribution in [-0.4, -0.2) is 80.2 Å². The van der Waals surface area contributed by atoms with Crippen LogP contribution in [0.15, 0.2) is 78.9 Å². The summed E-state index contributed by atoms with van der Waals surface area (Å²) in [4.78, 5) is 20.3. The van der Waals surface area contributed by atoms with Gasteiger partial charge in [0.05, 0.1) is 7.11 Å². The summed E-state index contributed by atoms with van der Waals surface area (Å²) < 4.78 is 5.25. The van der Waals surface area contributed by atoms with Crippen LogP contribution in [-0.2, 0) is 0 Å². The number of hydrogen-bond donors (Lipinski definition) is 1. The Hall–Kier alpha value is -3.79. The van der Waals surface area contributed by atoms with Crippen LogP contribution in [0.25, 0.3) is 0 Å². The predicted octanol–water partition coefficient (Wildman–Crippen LogP) is 5.51. The lowest BCUT2D eigenvalue weighted by molar-refractivity contribution is -0.0411. The van der Waals surface area contributed by atoms with Crippen molar-refractivity contribution in [3.8, 4) is 17.6 Å². The van der Waals surface area contributed by atoms with Crippen molar-refractivity contribution in [2.45, 2.75) is 37.3 Å². The Morgan fingerprint density at radius 2 is 1.60 bits per heavy atom. The molecule has 0 aromatic heterocycles. The van der Waals surface area contributed by atoms with Gasteiger partial charge in [-0.25, -0.2) is 4.79 Å². The molecule has 2 aliphatic heterocycles. The Morgan fingerprint density at radius 3 is 2.27 bits per heavy atom. The smallest absolute Gasteiger partial charge is 0.321 e. The Kier molecular flexibility index (Phi) is 9.05. The molecule has 0 aliphatic carbocycles. The van der Waals surface area contributed by atoms with Crippen LogP contribution >= 0.6 is 0 Å². The van der Waals surface area contributed by atoms with Crippen LogP contribution in [0.2, 0.25) is 0 Å². The third-order valence-corrected chi connectivity index (χ3v) is 8.10. The lowest BCUT2D eigenvalue weighted by atomic mass is 9.72. The van der Waals surface area contributed by atoms with Gasteiger partial charge in [-0.15, -0.1) is 0 Å². The number of carbonyl (C=O) groups is 1. The third kappa shape index (κ3) is 6.67. The van der Waals surface area contributed by atoms with E-state index >= 15 is 0 Å². The van der Waals surface area contributed by atoms with Gasteiger partial charge in [-0.3, -0.25) is 4.90 Å². The standard InChI is InChI=1S/C34H40N4O2/c1-36(2)24-21-31-33(28-15-13-27(14-16-28)12-11-26-9-5-4-6-10-26)32-25-37(22-7-8-23-38(31)32)34(39)35-29-17-19-30(40-3)20-18-29/h4-6,9-10,13-20,31-33H,7-8,21-25H2,1-3H3,(H,35,39)/t31-,32+,33+/m1/s1. The maximum Gasteiger partial charge on any atom is 0.321 e. The second-order valence-corrected chi connectivity index (χ2v) is 11.0. The molecule has 6 heteroatoms. The zero-order valence-electron chi connectivity index (χ0n) is 23.8. The highest BCUT2D eigenvalue weighted by atomic mass is 16.5. The summed E-state index contributed by atoms with van der Waals surface area (Å²) in [6, 6.07) is 27.1. The van der Waals surface area contributed by atoms with E-state index < -0.39 is 0 Å². The van der Waals surface area contributed by atoms with Gasteiger partial charge in [0.1, 0.15) is 5.75 Å². The van der Waals surface area contributed by atoms with Gasteiger partial charge in [0.2, 0.25) is 0 Å². The van der Waals surface area contributed by atoms with Gasteiger partial charge < -0.3 is 19.9 Å². The Morgan fingerprint density at radius 1 is 0.925 bits per heavy atom. The van der Waals surface area contributed by atoms with Gasteiger partial charge in [-0.05, 0) is 101 Å². The number of rotatable bonds is 6. The first-order valence-electron chi connectivity index (χ1n) is 14.3. The summed E-state index contributed by atoms with van der Waals surface area (Å²) in [5, 5.41) is 3.10. The summed E-state index contributed by atoms with van der Waals surface area (Å²) in [5.41, 5.74) is 4.16. The fraction of sp³-hybridized carbons (Fsp3) is 0.382. The van der Waals surface area contributed by atoms with Gasteiger partial charge in [-0.2, -0.15) is 0 Å². The Balaban J connectivity index is 1.33. The maximum atomic E-state index is 13.4. The molecule has 0 radical (unpaired) electrons. The topological polar surface area (TPSA) is 48.1 Å². The van der Waals surface area contributed by atoms with E-state index in [0.717, 1.165) is 68.0 Å². The number of nitrogens with zero attached hydrogens (tertiary/aromatic N) is 3. The van der Waals surface area contributed by atoms with Crippen molar-refractivity contribution in [2.75, 3.05) is 52.7 Å². The first-order valence-corrected chi connectivity index (χ1v) is 14.3. The number of anilines is 1. The van der Waals surface area contributed by atoms with E-state index in [9.17, 15) is 4.79 Å². The van der Waals surface area contributed by atoms with E-state index in [1.54, 1.807) is 7.11 Å². The number of methoxy groups -OCH3 is 1. The minimum absolute atomic E-state index is 0.0333. The molecule has 0 spiro atoms. The molecule has 3 atom stereocenters. The van der Waals surface area contributed by atoms with Crippen LogP contribution in [0.3, 0.4) is 0 Å². The molecule has 0 unspecified atom stereocenters. The highest BCUT2D eigenvalue weighted by molar-refractivity contribution is 5.89. The lowest BCUT2D eigenvalue weighted by Gasteiger charge is -2.58. The first kappa shape index (κ1) is 27.8. The molecule has 6 nitrogen and oxygen atoms in total. The third-order valence-electron chi connectivity index (χ3n) is 8.10. The molecule has 0 saturated carbocycles. The van der Waals surface area contributed by atoms with Crippen molar-refractivity contribution >= 4 is 11.7 Å². The molecule has 40 heavy (non-hydrogen) atoms. The zero-order chi connectivity index (χ0) is 27.9. The average Bonchev–Trinajstić information content (AvgIpc) is 2.96. The largest absolute Gasteiger partial charge is 0.497 e. The minimum Gasteiger partial charge on any atom is -0.497 e. The van der Waals surface area contributed by atoms with Crippen LogP contribution in [0, 0.1) is 11.8 Å². The summed E-state index contributed by atoms with van der Waals surface area (Å²) in [7, 11) is 5.93. The highest BCUT2D eigenvalue weighted by Gasteiger charge is 2.49. The van der Waals surface area contributed by atoms with E-state index in [4.69, 9.17) is 4.74 Å². The molecule has 2 saturated heterocycles. The van der Waals surface area contributed by atoms with Crippen molar-refractivity contribution in [1.29, 1.82) is 0 Å². The summed E-state index contributed by atoms with van der Waals surface area (Å²) in [6.07, 6.45) is 3.23. The number of nitrogens with one attached hydrogen (secondary N) is 1. The lowest BCUT2D eigenvalue weighted by Crippen LogP contribution is -2.67. The van der Waals surface area contributed by atoms with Gasteiger partial charge in [0, 0.05) is 47.9 Å². The molecule has 2 fully saturated rings. The average molecular weight is 537 g/mol. The van der Waals surface area contributed by atoms with Gasteiger partial charge in [0.25, 0.3) is 0 Å². The molecule has 3 aromatic rings. The van der Waals surface area contributed by atoms with E-state index in [1.165, 1.54) is 5.56 Å². The number of fused-ring (bicyclic) bond motifs is 1. The number of urea groups is 1. The zero-order valence-corrected chi connectivity index (χ0v) is 23.8. The molecule has 208 valence electrons. The monoisotopic (exact) mass is 536 g/mol. The maximum absolute atomic E-state index is 13.4.